The first-order valence-corrected chi connectivity index (χ1v) is 8.60. The predicted octanol–water partition coefficient (Wildman–Crippen LogP) is 2.19. The van der Waals surface area contributed by atoms with Crippen molar-refractivity contribution < 1.29 is 0 Å². The van der Waals surface area contributed by atoms with Gasteiger partial charge in [-0.05, 0) is 25.0 Å². The van der Waals surface area contributed by atoms with Crippen LogP contribution in [0.25, 0.3) is 5.69 Å². The lowest BCUT2D eigenvalue weighted by molar-refractivity contribution is -0.0229. The lowest BCUT2D eigenvalue weighted by Crippen LogP contribution is -2.61. The van der Waals surface area contributed by atoms with E-state index in [1.54, 1.807) is 9.36 Å². The minimum atomic E-state index is -0.222. The maximum atomic E-state index is 13.1. The number of allylic oxidation sites excluding steroid dienone is 4. The molecule has 0 N–H and O–H groups in total. The summed E-state index contributed by atoms with van der Waals surface area (Å²) in [6.45, 7) is 0. The van der Waals surface area contributed by atoms with Crippen LogP contribution < -0.4 is 11.4 Å². The lowest BCUT2D eigenvalue weighted by Gasteiger charge is -2.62. The summed E-state index contributed by atoms with van der Waals surface area (Å²) in [6, 6.07) is 9.14. The van der Waals surface area contributed by atoms with E-state index in [4.69, 9.17) is 0 Å². The Morgan fingerprint density at radius 1 is 0.833 bits per heavy atom. The van der Waals surface area contributed by atoms with E-state index < -0.39 is 0 Å². The number of hydrogen-bond donors (Lipinski definition) is 0. The van der Waals surface area contributed by atoms with E-state index in [0.717, 1.165) is 19.3 Å². The van der Waals surface area contributed by atoms with Gasteiger partial charge in [0.05, 0.1) is 17.8 Å². The Kier molecular flexibility index (Phi) is 2.00. The minimum Gasteiger partial charge on any atom is -0.245 e. The highest BCUT2D eigenvalue weighted by atomic mass is 16.2. The molecule has 1 fully saturated rings. The van der Waals surface area contributed by atoms with E-state index in [9.17, 15) is 9.59 Å². The van der Waals surface area contributed by atoms with Crippen LogP contribution in [0.5, 0.6) is 0 Å². The molecule has 5 nitrogen and oxygen atoms in total. The number of nitrogens with zero attached hydrogens (tertiary/aromatic N) is 3. The molecular weight excluding hydrogens is 302 g/mol. The van der Waals surface area contributed by atoms with Crippen molar-refractivity contribution in [3.8, 4) is 5.69 Å². The summed E-state index contributed by atoms with van der Waals surface area (Å²) < 4.78 is 4.75. The van der Waals surface area contributed by atoms with E-state index in [2.05, 4.69) is 24.3 Å². The maximum Gasteiger partial charge on any atom is 0.352 e. The Balaban J connectivity index is 1.69. The normalized spacial score (nSPS) is 37.0. The first-order chi connectivity index (χ1) is 11.7. The largest absolute Gasteiger partial charge is 0.352 e. The zero-order valence-corrected chi connectivity index (χ0v) is 13.1. The number of benzene rings is 1. The highest BCUT2D eigenvalue weighted by molar-refractivity contribution is 5.42. The van der Waals surface area contributed by atoms with E-state index in [1.807, 2.05) is 30.3 Å². The summed E-state index contributed by atoms with van der Waals surface area (Å²) in [5.74, 6) is 0. The van der Waals surface area contributed by atoms with Crippen molar-refractivity contribution in [3.05, 3.63) is 75.6 Å². The molecule has 120 valence electrons. The van der Waals surface area contributed by atoms with Gasteiger partial charge in [0.15, 0.2) is 0 Å². The predicted molar refractivity (Wildman–Crippen MR) is 89.4 cm³/mol. The second-order valence-corrected chi connectivity index (χ2v) is 7.47. The average molecular weight is 319 g/mol. The van der Waals surface area contributed by atoms with Crippen molar-refractivity contribution in [2.45, 2.75) is 31.3 Å². The van der Waals surface area contributed by atoms with Crippen LogP contribution in [0.3, 0.4) is 0 Å². The van der Waals surface area contributed by atoms with Gasteiger partial charge in [0, 0.05) is 10.8 Å². The Morgan fingerprint density at radius 2 is 1.38 bits per heavy atom. The third kappa shape index (κ3) is 1.07. The number of para-hydroxylation sites is 1. The summed E-state index contributed by atoms with van der Waals surface area (Å²) in [7, 11) is 0. The van der Waals surface area contributed by atoms with Gasteiger partial charge in [-0.1, -0.05) is 48.9 Å². The molecule has 3 heterocycles. The van der Waals surface area contributed by atoms with Crippen molar-refractivity contribution in [2.24, 2.45) is 10.8 Å². The Bertz CT molecular complexity index is 993. The molecule has 4 atom stereocenters. The van der Waals surface area contributed by atoms with Crippen molar-refractivity contribution >= 4 is 0 Å². The highest BCUT2D eigenvalue weighted by Gasteiger charge is 2.69. The fourth-order valence-corrected chi connectivity index (χ4v) is 5.79. The van der Waals surface area contributed by atoms with Crippen molar-refractivity contribution in [1.82, 2.24) is 13.9 Å². The molecule has 1 aromatic carbocycles. The molecule has 0 spiro atoms. The molecule has 2 aliphatic heterocycles. The average Bonchev–Trinajstić information content (AvgIpc) is 3.05. The van der Waals surface area contributed by atoms with Gasteiger partial charge in [-0.15, -0.1) is 0 Å². The van der Waals surface area contributed by atoms with Gasteiger partial charge in [0.1, 0.15) is 0 Å². The number of hydrogen-bond acceptors (Lipinski definition) is 2. The fraction of sp³-hybridized carbons (Fsp3) is 0.368. The molecule has 7 rings (SSSR count). The van der Waals surface area contributed by atoms with E-state index in [1.165, 1.54) is 4.57 Å². The lowest BCUT2D eigenvalue weighted by atomic mass is 9.48. The summed E-state index contributed by atoms with van der Waals surface area (Å²) in [5.41, 5.74) is 0.264. The summed E-state index contributed by atoms with van der Waals surface area (Å²) in [4.78, 5) is 26.3. The third-order valence-electron chi connectivity index (χ3n) is 6.80. The van der Waals surface area contributed by atoms with Crippen molar-refractivity contribution in [3.63, 3.8) is 0 Å². The monoisotopic (exact) mass is 319 g/mol. The van der Waals surface area contributed by atoms with Gasteiger partial charge < -0.3 is 0 Å². The zero-order chi connectivity index (χ0) is 16.1. The maximum absolute atomic E-state index is 13.1. The van der Waals surface area contributed by atoms with Crippen LogP contribution in [-0.2, 0) is 0 Å². The molecule has 5 aliphatic rings. The number of rotatable bonds is 1. The molecule has 24 heavy (non-hydrogen) atoms. The van der Waals surface area contributed by atoms with Gasteiger partial charge in [-0.25, -0.2) is 23.5 Å². The van der Waals surface area contributed by atoms with Gasteiger partial charge in [-0.3, -0.25) is 0 Å². The van der Waals surface area contributed by atoms with Crippen LogP contribution in [0.15, 0.2) is 64.2 Å². The molecule has 2 bridgehead atoms. The molecule has 0 unspecified atom stereocenters. The molecule has 0 saturated heterocycles. The first-order valence-electron chi connectivity index (χ1n) is 8.60. The molecule has 0 radical (unpaired) electrons. The quantitative estimate of drug-likeness (QED) is 0.757. The molecule has 1 saturated carbocycles. The van der Waals surface area contributed by atoms with E-state index in [0.29, 0.717) is 5.69 Å². The van der Waals surface area contributed by atoms with Gasteiger partial charge >= 0.3 is 11.4 Å². The standard InChI is InChI=1S/C19H17N3O2/c23-16-20(13-5-2-1-3-6-13)17(24)22-15-8-7-14(21(16)22)18-9-4-10-19(15,18)12-11-18/h1-3,5-8,11-12,14-15H,4,9-10H2/t14-,15-,18-,19+/m1/s1. The van der Waals surface area contributed by atoms with Crippen molar-refractivity contribution in [1.29, 1.82) is 0 Å². The minimum absolute atomic E-state index is 0.0333. The van der Waals surface area contributed by atoms with Gasteiger partial charge in [0.25, 0.3) is 0 Å². The molecule has 5 heteroatoms. The SMILES string of the molecule is O=c1n(-c2ccccc2)c(=O)n2n1[C@@H]1C=C[C@@H]2[C@]23C=C[C@]12CCC3. The Hall–Kier alpha value is -2.56. The summed E-state index contributed by atoms with van der Waals surface area (Å²) in [6.07, 6.45) is 12.2. The van der Waals surface area contributed by atoms with Crippen LogP contribution in [-0.4, -0.2) is 13.9 Å². The molecule has 0 amide bonds. The van der Waals surface area contributed by atoms with Crippen LogP contribution in [0.4, 0.5) is 0 Å². The van der Waals surface area contributed by atoms with E-state index >= 15 is 0 Å². The Labute approximate surface area is 138 Å². The fourth-order valence-electron chi connectivity index (χ4n) is 5.79. The second-order valence-electron chi connectivity index (χ2n) is 7.47. The smallest absolute Gasteiger partial charge is 0.245 e. The van der Waals surface area contributed by atoms with Crippen LogP contribution >= 0.6 is 0 Å². The number of aromatic nitrogens is 3. The third-order valence-corrected chi connectivity index (χ3v) is 6.80. The molecule has 3 aliphatic carbocycles. The van der Waals surface area contributed by atoms with Crippen molar-refractivity contribution in [2.75, 3.05) is 0 Å². The van der Waals surface area contributed by atoms with Crippen LogP contribution in [0, 0.1) is 10.8 Å². The molecule has 1 aromatic heterocycles. The summed E-state index contributed by atoms with van der Waals surface area (Å²) in [5, 5.41) is 0. The molecular formula is C19H17N3O2. The van der Waals surface area contributed by atoms with E-state index in [-0.39, 0.29) is 34.3 Å². The van der Waals surface area contributed by atoms with Crippen LogP contribution in [0.1, 0.15) is 31.3 Å². The van der Waals surface area contributed by atoms with Crippen LogP contribution in [0.2, 0.25) is 0 Å². The molecule has 2 aromatic rings. The second kappa shape index (κ2) is 3.74. The zero-order valence-electron chi connectivity index (χ0n) is 13.1. The first kappa shape index (κ1) is 12.8. The highest BCUT2D eigenvalue weighted by Crippen LogP contribution is 2.74. The Morgan fingerprint density at radius 3 is 1.88 bits per heavy atom. The topological polar surface area (TPSA) is 48.9 Å². The van der Waals surface area contributed by atoms with Gasteiger partial charge in [-0.2, -0.15) is 0 Å². The van der Waals surface area contributed by atoms with Gasteiger partial charge in [0.2, 0.25) is 0 Å². The summed E-state index contributed by atoms with van der Waals surface area (Å²) >= 11 is 0.